The van der Waals surface area contributed by atoms with Crippen molar-refractivity contribution in [2.75, 3.05) is 5.32 Å². The van der Waals surface area contributed by atoms with Gasteiger partial charge >= 0.3 is 0 Å². The highest BCUT2D eigenvalue weighted by Gasteiger charge is 2.61. The standard InChI is InChI=1S/C18H18N2O3S/c19-24(22,23)14-6-3-5-13(10-14)20-17(21)16-11-18(16)9-8-12-4-1-2-7-15(12)18/h1-7,10,16H,8-9,11H2,(H,20,21)(H2,19,22,23)/t16-,18-/m1/s1. The first-order valence-electron chi connectivity index (χ1n) is 7.92. The van der Waals surface area contributed by atoms with Gasteiger partial charge in [0.2, 0.25) is 15.9 Å². The number of aryl methyl sites for hydroxylation is 1. The zero-order valence-corrected chi connectivity index (χ0v) is 13.8. The fourth-order valence-corrected chi connectivity index (χ4v) is 4.48. The lowest BCUT2D eigenvalue weighted by molar-refractivity contribution is -0.117. The molecule has 1 amide bonds. The minimum Gasteiger partial charge on any atom is -0.326 e. The number of anilines is 1. The lowest BCUT2D eigenvalue weighted by Crippen LogP contribution is -2.20. The van der Waals surface area contributed by atoms with Crippen molar-refractivity contribution in [1.29, 1.82) is 0 Å². The molecule has 124 valence electrons. The van der Waals surface area contributed by atoms with Gasteiger partial charge in [0, 0.05) is 17.0 Å². The Kier molecular flexibility index (Phi) is 3.30. The zero-order valence-electron chi connectivity index (χ0n) is 13.0. The summed E-state index contributed by atoms with van der Waals surface area (Å²) in [6, 6.07) is 14.4. The lowest BCUT2D eigenvalue weighted by Gasteiger charge is -2.12. The molecule has 0 saturated heterocycles. The molecule has 2 aliphatic carbocycles. The minimum atomic E-state index is -3.78. The van der Waals surface area contributed by atoms with Crippen LogP contribution in [0.25, 0.3) is 0 Å². The number of sulfonamides is 1. The first kappa shape index (κ1) is 15.4. The average Bonchev–Trinajstić information content (AvgIpc) is 3.17. The van der Waals surface area contributed by atoms with Crippen molar-refractivity contribution in [2.24, 2.45) is 11.1 Å². The van der Waals surface area contributed by atoms with E-state index in [1.165, 1.54) is 23.3 Å². The van der Waals surface area contributed by atoms with Crippen molar-refractivity contribution in [3.05, 3.63) is 59.7 Å². The summed E-state index contributed by atoms with van der Waals surface area (Å²) < 4.78 is 22.8. The van der Waals surface area contributed by atoms with Gasteiger partial charge in [0.1, 0.15) is 0 Å². The molecule has 2 aliphatic rings. The molecule has 0 aromatic heterocycles. The molecule has 0 heterocycles. The summed E-state index contributed by atoms with van der Waals surface area (Å²) in [6.45, 7) is 0. The van der Waals surface area contributed by atoms with Crippen LogP contribution >= 0.6 is 0 Å². The van der Waals surface area contributed by atoms with E-state index in [1.807, 2.05) is 12.1 Å². The first-order chi connectivity index (χ1) is 11.4. The highest BCUT2D eigenvalue weighted by atomic mass is 32.2. The molecule has 2 aromatic carbocycles. The quantitative estimate of drug-likeness (QED) is 0.896. The SMILES string of the molecule is NS(=O)(=O)c1cccc(NC(=O)[C@H]2C[C@@]23CCc2ccccc23)c1. The molecule has 2 aromatic rings. The summed E-state index contributed by atoms with van der Waals surface area (Å²) in [7, 11) is -3.78. The van der Waals surface area contributed by atoms with Crippen molar-refractivity contribution >= 4 is 21.6 Å². The second-order valence-corrected chi connectivity index (χ2v) is 8.19. The topological polar surface area (TPSA) is 89.3 Å². The second-order valence-electron chi connectivity index (χ2n) is 6.63. The molecule has 0 radical (unpaired) electrons. The Morgan fingerprint density at radius 1 is 1.17 bits per heavy atom. The van der Waals surface area contributed by atoms with Crippen LogP contribution in [0, 0.1) is 5.92 Å². The van der Waals surface area contributed by atoms with Gasteiger partial charge in [-0.05, 0) is 48.6 Å². The number of rotatable bonds is 3. The van der Waals surface area contributed by atoms with Crippen molar-refractivity contribution < 1.29 is 13.2 Å². The van der Waals surface area contributed by atoms with E-state index in [0.717, 1.165) is 19.3 Å². The minimum absolute atomic E-state index is 0.00276. The van der Waals surface area contributed by atoms with Crippen molar-refractivity contribution in [3.63, 3.8) is 0 Å². The number of nitrogens with one attached hydrogen (secondary N) is 1. The predicted molar refractivity (Wildman–Crippen MR) is 91.0 cm³/mol. The van der Waals surface area contributed by atoms with Crippen LogP contribution in [-0.2, 0) is 26.7 Å². The summed E-state index contributed by atoms with van der Waals surface area (Å²) >= 11 is 0. The van der Waals surface area contributed by atoms with Crippen LogP contribution < -0.4 is 10.5 Å². The van der Waals surface area contributed by atoms with Crippen molar-refractivity contribution in [2.45, 2.75) is 29.6 Å². The maximum atomic E-state index is 12.6. The van der Waals surface area contributed by atoms with E-state index in [2.05, 4.69) is 17.4 Å². The maximum Gasteiger partial charge on any atom is 0.238 e. The van der Waals surface area contributed by atoms with E-state index < -0.39 is 10.0 Å². The molecular formula is C18H18N2O3S. The molecular weight excluding hydrogens is 324 g/mol. The number of hydrogen-bond acceptors (Lipinski definition) is 3. The normalized spacial score (nSPS) is 24.6. The summed E-state index contributed by atoms with van der Waals surface area (Å²) in [4.78, 5) is 12.6. The van der Waals surface area contributed by atoms with Crippen LogP contribution in [0.15, 0.2) is 53.4 Å². The number of benzene rings is 2. The van der Waals surface area contributed by atoms with Gasteiger partial charge < -0.3 is 5.32 Å². The third-order valence-corrected chi connectivity index (χ3v) is 6.13. The van der Waals surface area contributed by atoms with Gasteiger partial charge in [-0.1, -0.05) is 30.3 Å². The third kappa shape index (κ3) is 2.42. The molecule has 0 bridgehead atoms. The number of nitrogens with two attached hydrogens (primary N) is 1. The van der Waals surface area contributed by atoms with E-state index in [9.17, 15) is 13.2 Å². The molecule has 3 N–H and O–H groups in total. The monoisotopic (exact) mass is 342 g/mol. The Morgan fingerprint density at radius 3 is 2.75 bits per heavy atom. The van der Waals surface area contributed by atoms with Crippen molar-refractivity contribution in [1.82, 2.24) is 0 Å². The van der Waals surface area contributed by atoms with Crippen LogP contribution in [0.1, 0.15) is 24.0 Å². The Balaban J connectivity index is 1.54. The van der Waals surface area contributed by atoms with E-state index in [1.54, 1.807) is 12.1 Å². The van der Waals surface area contributed by atoms with E-state index in [0.29, 0.717) is 5.69 Å². The Hall–Kier alpha value is -2.18. The molecule has 24 heavy (non-hydrogen) atoms. The fraction of sp³-hybridized carbons (Fsp3) is 0.278. The zero-order chi connectivity index (χ0) is 16.9. The number of carbonyl (C=O) groups excluding carboxylic acids is 1. The number of hydrogen-bond donors (Lipinski definition) is 2. The highest BCUT2D eigenvalue weighted by molar-refractivity contribution is 7.89. The molecule has 1 saturated carbocycles. The van der Waals surface area contributed by atoms with Crippen LogP contribution in [-0.4, -0.2) is 14.3 Å². The van der Waals surface area contributed by atoms with Crippen LogP contribution in [0.3, 0.4) is 0 Å². The van der Waals surface area contributed by atoms with E-state index in [-0.39, 0.29) is 22.1 Å². The van der Waals surface area contributed by atoms with Crippen LogP contribution in [0.5, 0.6) is 0 Å². The molecule has 1 fully saturated rings. The Labute approximate surface area is 140 Å². The van der Waals surface area contributed by atoms with Gasteiger partial charge in [0.25, 0.3) is 0 Å². The first-order valence-corrected chi connectivity index (χ1v) is 9.47. The number of primary sulfonamides is 1. The van der Waals surface area contributed by atoms with E-state index >= 15 is 0 Å². The molecule has 2 atom stereocenters. The molecule has 0 unspecified atom stereocenters. The van der Waals surface area contributed by atoms with Crippen molar-refractivity contribution in [3.8, 4) is 0 Å². The smallest absolute Gasteiger partial charge is 0.238 e. The lowest BCUT2D eigenvalue weighted by atomic mass is 9.95. The average molecular weight is 342 g/mol. The summed E-state index contributed by atoms with van der Waals surface area (Å²) in [5, 5.41) is 7.98. The molecule has 4 rings (SSSR count). The van der Waals surface area contributed by atoms with E-state index in [4.69, 9.17) is 5.14 Å². The maximum absolute atomic E-state index is 12.6. The predicted octanol–water partition coefficient (Wildman–Crippen LogP) is 2.18. The summed E-state index contributed by atoms with van der Waals surface area (Å²) in [5.74, 6) is -0.113. The van der Waals surface area contributed by atoms with Gasteiger partial charge in [0.15, 0.2) is 0 Å². The van der Waals surface area contributed by atoms with Crippen LogP contribution in [0.4, 0.5) is 5.69 Å². The number of amides is 1. The largest absolute Gasteiger partial charge is 0.326 e. The molecule has 0 aliphatic heterocycles. The third-order valence-electron chi connectivity index (χ3n) is 5.22. The van der Waals surface area contributed by atoms with Crippen LogP contribution in [0.2, 0.25) is 0 Å². The summed E-state index contributed by atoms with van der Waals surface area (Å²) in [5.41, 5.74) is 3.06. The van der Waals surface area contributed by atoms with Gasteiger partial charge in [-0.3, -0.25) is 4.79 Å². The Morgan fingerprint density at radius 2 is 1.96 bits per heavy atom. The molecule has 5 nitrogen and oxygen atoms in total. The van der Waals surface area contributed by atoms with Gasteiger partial charge in [-0.2, -0.15) is 0 Å². The highest BCUT2D eigenvalue weighted by Crippen LogP contribution is 2.61. The Bertz CT molecular complexity index is 939. The van der Waals surface area contributed by atoms with Gasteiger partial charge in [-0.15, -0.1) is 0 Å². The number of carbonyl (C=O) groups is 1. The number of fused-ring (bicyclic) bond motifs is 2. The van der Waals surface area contributed by atoms with Gasteiger partial charge in [-0.25, -0.2) is 13.6 Å². The molecule has 1 spiro atoms. The summed E-state index contributed by atoms with van der Waals surface area (Å²) in [6.07, 6.45) is 2.87. The second kappa shape index (κ2) is 5.16. The molecule has 6 heteroatoms. The fourth-order valence-electron chi connectivity index (χ4n) is 3.92. The van der Waals surface area contributed by atoms with Gasteiger partial charge in [0.05, 0.1) is 4.90 Å².